The number of benzene rings is 2. The highest BCUT2D eigenvalue weighted by molar-refractivity contribution is 9.10. The molecule has 112 valence electrons. The van der Waals surface area contributed by atoms with Gasteiger partial charge in [-0.3, -0.25) is 0 Å². The maximum absolute atomic E-state index is 6.43. The zero-order valence-corrected chi connectivity index (χ0v) is 14.6. The summed E-state index contributed by atoms with van der Waals surface area (Å²) in [5.74, 6) is 0. The van der Waals surface area contributed by atoms with Crippen LogP contribution in [0.3, 0.4) is 0 Å². The van der Waals surface area contributed by atoms with Gasteiger partial charge in [0.15, 0.2) is 0 Å². The summed E-state index contributed by atoms with van der Waals surface area (Å²) in [7, 11) is 0. The quantitative estimate of drug-likeness (QED) is 0.655. The Morgan fingerprint density at radius 3 is 2.57 bits per heavy atom. The first kappa shape index (κ1) is 16.5. The largest absolute Gasteiger partial charge is 0.310 e. The third-order valence-corrected chi connectivity index (χ3v) is 4.92. The van der Waals surface area contributed by atoms with Crippen molar-refractivity contribution in [1.29, 1.82) is 0 Å². The molecular weight excluding hydrogens is 346 g/mol. The lowest BCUT2D eigenvalue weighted by Gasteiger charge is -2.20. The Hall–Kier alpha value is -0.830. The molecule has 0 amide bonds. The minimum Gasteiger partial charge on any atom is -0.310 e. The second-order valence-corrected chi connectivity index (χ2v) is 6.36. The van der Waals surface area contributed by atoms with E-state index in [2.05, 4.69) is 64.6 Å². The fourth-order valence-electron chi connectivity index (χ4n) is 2.56. The van der Waals surface area contributed by atoms with Crippen LogP contribution < -0.4 is 5.32 Å². The van der Waals surface area contributed by atoms with Gasteiger partial charge in [-0.2, -0.15) is 0 Å². The minimum absolute atomic E-state index is 0.309. The summed E-state index contributed by atoms with van der Waals surface area (Å²) in [5, 5.41) is 4.37. The number of nitrogens with one attached hydrogen (secondary N) is 1. The van der Waals surface area contributed by atoms with Gasteiger partial charge in [0.25, 0.3) is 0 Å². The van der Waals surface area contributed by atoms with Crippen molar-refractivity contribution in [2.45, 2.75) is 32.2 Å². The molecule has 0 spiro atoms. The van der Waals surface area contributed by atoms with E-state index in [1.807, 2.05) is 12.1 Å². The number of rotatable bonds is 7. The van der Waals surface area contributed by atoms with Crippen molar-refractivity contribution in [2.24, 2.45) is 0 Å². The summed E-state index contributed by atoms with van der Waals surface area (Å²) in [6, 6.07) is 17.1. The Morgan fingerprint density at radius 2 is 1.86 bits per heavy atom. The Kier molecular flexibility index (Phi) is 6.75. The number of halogens is 2. The molecule has 1 unspecified atom stereocenters. The van der Waals surface area contributed by atoms with E-state index in [-0.39, 0.29) is 0 Å². The van der Waals surface area contributed by atoms with E-state index in [1.165, 1.54) is 11.1 Å². The zero-order chi connectivity index (χ0) is 15.1. The third-order valence-electron chi connectivity index (χ3n) is 3.61. The first-order chi connectivity index (χ1) is 10.2. The van der Waals surface area contributed by atoms with Crippen LogP contribution in [0.5, 0.6) is 0 Å². The molecule has 1 nitrogen and oxygen atoms in total. The summed E-state index contributed by atoms with van der Waals surface area (Å²) in [4.78, 5) is 0. The van der Waals surface area contributed by atoms with Gasteiger partial charge in [0.2, 0.25) is 0 Å². The van der Waals surface area contributed by atoms with Gasteiger partial charge in [-0.15, -0.1) is 0 Å². The van der Waals surface area contributed by atoms with Gasteiger partial charge in [-0.1, -0.05) is 61.0 Å². The van der Waals surface area contributed by atoms with Crippen LogP contribution in [0, 0.1) is 0 Å². The Morgan fingerprint density at radius 1 is 1.10 bits per heavy atom. The lowest BCUT2D eigenvalue weighted by Crippen LogP contribution is -2.21. The fraction of sp³-hybridized carbons (Fsp3) is 0.333. The summed E-state index contributed by atoms with van der Waals surface area (Å²) < 4.78 is 0.965. The first-order valence-electron chi connectivity index (χ1n) is 7.43. The predicted octanol–water partition coefficient (Wildman–Crippen LogP) is 5.78. The second-order valence-electron chi connectivity index (χ2n) is 5.13. The Labute approximate surface area is 140 Å². The molecule has 3 heteroatoms. The van der Waals surface area contributed by atoms with E-state index >= 15 is 0 Å². The molecule has 0 radical (unpaired) electrons. The monoisotopic (exact) mass is 365 g/mol. The normalized spacial score (nSPS) is 12.3. The summed E-state index contributed by atoms with van der Waals surface area (Å²) in [6.07, 6.45) is 3.33. The predicted molar refractivity (Wildman–Crippen MR) is 94.9 cm³/mol. The van der Waals surface area contributed by atoms with E-state index in [0.29, 0.717) is 6.04 Å². The molecule has 0 aliphatic rings. The van der Waals surface area contributed by atoms with Crippen molar-refractivity contribution < 1.29 is 0 Å². The van der Waals surface area contributed by atoms with Gasteiger partial charge in [-0.05, 0) is 58.9 Å². The van der Waals surface area contributed by atoms with Crippen LogP contribution in [0.1, 0.15) is 36.9 Å². The molecule has 21 heavy (non-hydrogen) atoms. The zero-order valence-electron chi connectivity index (χ0n) is 12.3. The van der Waals surface area contributed by atoms with E-state index in [9.17, 15) is 0 Å². The highest BCUT2D eigenvalue weighted by Gasteiger charge is 2.14. The number of hydrogen-bond acceptors (Lipinski definition) is 1. The van der Waals surface area contributed by atoms with Crippen molar-refractivity contribution in [3.05, 3.63) is 69.2 Å². The van der Waals surface area contributed by atoms with Crippen LogP contribution in [-0.2, 0) is 6.42 Å². The summed E-state index contributed by atoms with van der Waals surface area (Å²) in [5.41, 5.74) is 2.58. The third kappa shape index (κ3) is 4.84. The van der Waals surface area contributed by atoms with E-state index in [4.69, 9.17) is 11.6 Å². The van der Waals surface area contributed by atoms with E-state index in [1.54, 1.807) is 0 Å². The second kappa shape index (κ2) is 8.57. The molecule has 1 N–H and O–H groups in total. The molecule has 2 aromatic rings. The van der Waals surface area contributed by atoms with Crippen LogP contribution in [0.25, 0.3) is 0 Å². The van der Waals surface area contributed by atoms with Crippen molar-refractivity contribution >= 4 is 27.5 Å². The summed E-state index contributed by atoms with van der Waals surface area (Å²) in [6.45, 7) is 3.08. The van der Waals surface area contributed by atoms with Gasteiger partial charge in [-0.25, -0.2) is 0 Å². The van der Waals surface area contributed by atoms with Crippen molar-refractivity contribution in [1.82, 2.24) is 5.32 Å². The average molecular weight is 367 g/mol. The standard InChI is InChI=1S/C18H21BrClN/c1-2-21-17(15-11-7-12-16(19)18(15)20)13-6-10-14-8-4-3-5-9-14/h3-5,7-9,11-12,17,21H,2,6,10,13H2,1H3. The van der Waals surface area contributed by atoms with Gasteiger partial charge >= 0.3 is 0 Å². The molecule has 2 aromatic carbocycles. The molecule has 0 aliphatic heterocycles. The highest BCUT2D eigenvalue weighted by Crippen LogP contribution is 2.32. The first-order valence-corrected chi connectivity index (χ1v) is 8.60. The lowest BCUT2D eigenvalue weighted by atomic mass is 9.99. The molecule has 0 saturated carbocycles. The number of hydrogen-bond donors (Lipinski definition) is 1. The van der Waals surface area contributed by atoms with E-state index < -0.39 is 0 Å². The van der Waals surface area contributed by atoms with E-state index in [0.717, 1.165) is 35.3 Å². The Balaban J connectivity index is 2.00. The SMILES string of the molecule is CCNC(CCCc1ccccc1)c1cccc(Br)c1Cl. The molecule has 1 atom stereocenters. The lowest BCUT2D eigenvalue weighted by molar-refractivity contribution is 0.498. The topological polar surface area (TPSA) is 12.0 Å². The molecule has 0 bridgehead atoms. The minimum atomic E-state index is 0.309. The average Bonchev–Trinajstić information content (AvgIpc) is 2.50. The summed E-state index contributed by atoms with van der Waals surface area (Å²) >= 11 is 9.94. The van der Waals surface area contributed by atoms with Crippen molar-refractivity contribution in [3.8, 4) is 0 Å². The molecule has 0 aliphatic carbocycles. The number of aryl methyl sites for hydroxylation is 1. The van der Waals surface area contributed by atoms with Gasteiger partial charge in [0, 0.05) is 10.5 Å². The molecule has 2 rings (SSSR count). The fourth-order valence-corrected chi connectivity index (χ4v) is 3.20. The highest BCUT2D eigenvalue weighted by atomic mass is 79.9. The smallest absolute Gasteiger partial charge is 0.0595 e. The maximum atomic E-state index is 6.43. The van der Waals surface area contributed by atoms with Gasteiger partial charge in [0.1, 0.15) is 0 Å². The maximum Gasteiger partial charge on any atom is 0.0595 e. The Bertz CT molecular complexity index is 556. The van der Waals surface area contributed by atoms with Crippen LogP contribution >= 0.6 is 27.5 Å². The molecular formula is C18H21BrClN. The van der Waals surface area contributed by atoms with Crippen LogP contribution in [0.15, 0.2) is 53.0 Å². The van der Waals surface area contributed by atoms with Crippen LogP contribution in [-0.4, -0.2) is 6.54 Å². The van der Waals surface area contributed by atoms with Crippen LogP contribution in [0.4, 0.5) is 0 Å². The molecule has 0 fully saturated rings. The van der Waals surface area contributed by atoms with Crippen molar-refractivity contribution in [3.63, 3.8) is 0 Å². The van der Waals surface area contributed by atoms with Gasteiger partial charge < -0.3 is 5.32 Å². The van der Waals surface area contributed by atoms with Gasteiger partial charge in [0.05, 0.1) is 5.02 Å². The van der Waals surface area contributed by atoms with Crippen LogP contribution in [0.2, 0.25) is 5.02 Å². The molecule has 0 aromatic heterocycles. The molecule has 0 saturated heterocycles. The van der Waals surface area contributed by atoms with Crippen molar-refractivity contribution in [2.75, 3.05) is 6.54 Å². The molecule has 0 heterocycles.